The van der Waals surface area contributed by atoms with Crippen molar-refractivity contribution in [2.45, 2.75) is 17.9 Å². The van der Waals surface area contributed by atoms with Crippen LogP contribution in [0.1, 0.15) is 17.2 Å². The fourth-order valence-corrected chi connectivity index (χ4v) is 3.14. The number of hydrogen-bond acceptors (Lipinski definition) is 4. The van der Waals surface area contributed by atoms with Gasteiger partial charge in [-0.25, -0.2) is 0 Å². The molecule has 2 aromatic carbocycles. The topological polar surface area (TPSA) is 44.5 Å². The second kappa shape index (κ2) is 5.77. The Morgan fingerprint density at radius 2 is 2.00 bits per heavy atom. The smallest absolute Gasteiger partial charge is 0.231 e. The Morgan fingerprint density at radius 1 is 1.15 bits per heavy atom. The Balaban J connectivity index is 1.66. The van der Waals surface area contributed by atoms with E-state index in [0.717, 1.165) is 22.8 Å². The summed E-state index contributed by atoms with van der Waals surface area (Å²) in [5.74, 6) is 2.43. The first-order valence-electron chi connectivity index (χ1n) is 6.57. The maximum atomic E-state index is 6.26. The molecule has 0 saturated heterocycles. The fraction of sp³-hybridized carbons (Fsp3) is 0.250. The van der Waals surface area contributed by atoms with E-state index in [1.165, 1.54) is 10.5 Å². The monoisotopic (exact) mass is 287 g/mol. The third-order valence-electron chi connectivity index (χ3n) is 3.24. The van der Waals surface area contributed by atoms with Crippen molar-refractivity contribution in [1.82, 2.24) is 0 Å². The molecule has 1 atom stereocenters. The summed E-state index contributed by atoms with van der Waals surface area (Å²) in [6.45, 7) is 2.40. The lowest BCUT2D eigenvalue weighted by molar-refractivity contribution is 0.174. The van der Waals surface area contributed by atoms with Crippen molar-refractivity contribution in [2.24, 2.45) is 5.73 Å². The molecular formula is C16H17NO2S. The van der Waals surface area contributed by atoms with E-state index in [0.29, 0.717) is 6.79 Å². The number of aryl methyl sites for hydroxylation is 1. The van der Waals surface area contributed by atoms with Crippen molar-refractivity contribution >= 4 is 11.8 Å². The second-order valence-corrected chi connectivity index (χ2v) is 5.94. The Kier molecular flexibility index (Phi) is 3.85. The summed E-state index contributed by atoms with van der Waals surface area (Å²) < 4.78 is 10.7. The van der Waals surface area contributed by atoms with E-state index < -0.39 is 0 Å². The average Bonchev–Trinajstić information content (AvgIpc) is 2.92. The van der Waals surface area contributed by atoms with Crippen molar-refractivity contribution in [2.75, 3.05) is 12.5 Å². The maximum Gasteiger partial charge on any atom is 0.231 e. The summed E-state index contributed by atoms with van der Waals surface area (Å²) in [5, 5.41) is 0. The molecule has 0 amide bonds. The average molecular weight is 287 g/mol. The highest BCUT2D eigenvalue weighted by atomic mass is 32.2. The van der Waals surface area contributed by atoms with Gasteiger partial charge in [0.15, 0.2) is 11.5 Å². The van der Waals surface area contributed by atoms with Crippen LogP contribution in [-0.4, -0.2) is 12.5 Å². The molecule has 0 aliphatic carbocycles. The lowest BCUT2D eigenvalue weighted by Crippen LogP contribution is -2.12. The molecule has 0 fully saturated rings. The molecule has 1 aliphatic heterocycles. The molecule has 0 saturated carbocycles. The van der Waals surface area contributed by atoms with Crippen LogP contribution in [0.4, 0.5) is 0 Å². The summed E-state index contributed by atoms with van der Waals surface area (Å²) in [7, 11) is 0. The molecule has 0 spiro atoms. The largest absolute Gasteiger partial charge is 0.454 e. The quantitative estimate of drug-likeness (QED) is 0.874. The lowest BCUT2D eigenvalue weighted by Gasteiger charge is -2.12. The zero-order chi connectivity index (χ0) is 13.9. The SMILES string of the molecule is Cc1cccc(SCC(N)c2ccc3c(c2)OCO3)c1. The van der Waals surface area contributed by atoms with Crippen LogP contribution in [0.25, 0.3) is 0 Å². The van der Waals surface area contributed by atoms with Gasteiger partial charge >= 0.3 is 0 Å². The minimum atomic E-state index is -0.0185. The summed E-state index contributed by atoms with van der Waals surface area (Å²) >= 11 is 1.77. The van der Waals surface area contributed by atoms with Crippen LogP contribution in [0, 0.1) is 6.92 Å². The van der Waals surface area contributed by atoms with Crippen molar-refractivity contribution in [3.05, 3.63) is 53.6 Å². The molecule has 1 aliphatic rings. The third-order valence-corrected chi connectivity index (χ3v) is 4.36. The first-order valence-corrected chi connectivity index (χ1v) is 7.55. The van der Waals surface area contributed by atoms with Crippen LogP contribution in [0.2, 0.25) is 0 Å². The first-order chi connectivity index (χ1) is 9.72. The van der Waals surface area contributed by atoms with Gasteiger partial charge in [-0.15, -0.1) is 11.8 Å². The minimum absolute atomic E-state index is 0.0185. The van der Waals surface area contributed by atoms with E-state index in [4.69, 9.17) is 15.2 Å². The van der Waals surface area contributed by atoms with Gasteiger partial charge in [0.25, 0.3) is 0 Å². The molecule has 2 aromatic rings. The summed E-state index contributed by atoms with van der Waals surface area (Å²) in [5.41, 5.74) is 8.61. The van der Waals surface area contributed by atoms with Gasteiger partial charge in [-0.05, 0) is 36.8 Å². The highest BCUT2D eigenvalue weighted by Crippen LogP contribution is 2.34. The van der Waals surface area contributed by atoms with Gasteiger partial charge in [-0.3, -0.25) is 0 Å². The van der Waals surface area contributed by atoms with Crippen molar-refractivity contribution in [3.8, 4) is 11.5 Å². The number of fused-ring (bicyclic) bond motifs is 1. The number of rotatable bonds is 4. The highest BCUT2D eigenvalue weighted by Gasteiger charge is 2.16. The van der Waals surface area contributed by atoms with Crippen LogP contribution in [-0.2, 0) is 0 Å². The van der Waals surface area contributed by atoms with Gasteiger partial charge < -0.3 is 15.2 Å². The van der Waals surface area contributed by atoms with Crippen LogP contribution in [0.15, 0.2) is 47.4 Å². The molecule has 1 heterocycles. The third kappa shape index (κ3) is 2.92. The van der Waals surface area contributed by atoms with E-state index >= 15 is 0 Å². The molecule has 20 heavy (non-hydrogen) atoms. The van der Waals surface area contributed by atoms with E-state index in [2.05, 4.69) is 31.2 Å². The molecule has 0 radical (unpaired) electrons. The summed E-state index contributed by atoms with van der Waals surface area (Å²) in [6.07, 6.45) is 0. The highest BCUT2D eigenvalue weighted by molar-refractivity contribution is 7.99. The van der Waals surface area contributed by atoms with Crippen molar-refractivity contribution in [3.63, 3.8) is 0 Å². The summed E-state index contributed by atoms with van der Waals surface area (Å²) in [4.78, 5) is 1.25. The Bertz CT molecular complexity index is 615. The van der Waals surface area contributed by atoms with Gasteiger partial charge in [0.1, 0.15) is 0 Å². The van der Waals surface area contributed by atoms with E-state index in [1.807, 2.05) is 18.2 Å². The maximum absolute atomic E-state index is 6.26. The van der Waals surface area contributed by atoms with Gasteiger partial charge in [0.2, 0.25) is 6.79 Å². The van der Waals surface area contributed by atoms with Crippen LogP contribution >= 0.6 is 11.8 Å². The number of hydrogen-bond donors (Lipinski definition) is 1. The minimum Gasteiger partial charge on any atom is -0.454 e. The Hall–Kier alpha value is -1.65. The number of ether oxygens (including phenoxy) is 2. The van der Waals surface area contributed by atoms with Crippen LogP contribution < -0.4 is 15.2 Å². The molecular weight excluding hydrogens is 270 g/mol. The fourth-order valence-electron chi connectivity index (χ4n) is 2.13. The Morgan fingerprint density at radius 3 is 2.85 bits per heavy atom. The second-order valence-electron chi connectivity index (χ2n) is 4.85. The molecule has 2 N–H and O–H groups in total. The lowest BCUT2D eigenvalue weighted by atomic mass is 10.1. The predicted octanol–water partition coefficient (Wildman–Crippen LogP) is 3.52. The Labute approximate surface area is 123 Å². The molecule has 0 bridgehead atoms. The van der Waals surface area contributed by atoms with Crippen LogP contribution in [0.3, 0.4) is 0 Å². The molecule has 1 unspecified atom stereocenters. The molecule has 104 valence electrons. The van der Waals surface area contributed by atoms with Gasteiger partial charge in [0, 0.05) is 16.7 Å². The van der Waals surface area contributed by atoms with Gasteiger partial charge in [-0.2, -0.15) is 0 Å². The molecule has 3 rings (SSSR count). The number of thioether (sulfide) groups is 1. The molecule has 0 aromatic heterocycles. The zero-order valence-corrected chi connectivity index (χ0v) is 12.2. The summed E-state index contributed by atoms with van der Waals surface area (Å²) in [6, 6.07) is 14.4. The van der Waals surface area contributed by atoms with E-state index in [9.17, 15) is 0 Å². The van der Waals surface area contributed by atoms with E-state index in [-0.39, 0.29) is 6.04 Å². The zero-order valence-electron chi connectivity index (χ0n) is 11.3. The van der Waals surface area contributed by atoms with Crippen molar-refractivity contribution in [1.29, 1.82) is 0 Å². The molecule has 4 heteroatoms. The van der Waals surface area contributed by atoms with Gasteiger partial charge in [-0.1, -0.05) is 23.8 Å². The van der Waals surface area contributed by atoms with Crippen LogP contribution in [0.5, 0.6) is 11.5 Å². The standard InChI is InChI=1S/C16H17NO2S/c1-11-3-2-4-13(7-11)20-9-14(17)12-5-6-15-16(8-12)19-10-18-15/h2-8,14H,9-10,17H2,1H3. The van der Waals surface area contributed by atoms with Gasteiger partial charge in [0.05, 0.1) is 0 Å². The van der Waals surface area contributed by atoms with Crippen molar-refractivity contribution < 1.29 is 9.47 Å². The first kappa shape index (κ1) is 13.3. The predicted molar refractivity (Wildman–Crippen MR) is 81.4 cm³/mol. The molecule has 3 nitrogen and oxygen atoms in total. The number of nitrogens with two attached hydrogens (primary N) is 1. The number of benzene rings is 2. The van der Waals surface area contributed by atoms with E-state index in [1.54, 1.807) is 11.8 Å². The normalized spacial score (nSPS) is 14.3.